The number of halogens is 2. The van der Waals surface area contributed by atoms with Gasteiger partial charge in [0.05, 0.1) is 28.2 Å². The third-order valence-electron chi connectivity index (χ3n) is 6.89. The van der Waals surface area contributed by atoms with E-state index in [4.69, 9.17) is 28.3 Å². The number of fused-ring (bicyclic) bond motifs is 1. The highest BCUT2D eigenvalue weighted by Gasteiger charge is 2.20. The largest absolute Gasteiger partial charge is 0.481 e. The molecule has 5 rings (SSSR count). The lowest BCUT2D eigenvalue weighted by molar-refractivity contribution is -0.136. The lowest BCUT2D eigenvalue weighted by Crippen LogP contribution is -2.34. The SMILES string of the molecule is O=C(O)CCNC(=O)c1ccc(CN(C(=O)Nc2nc3cc(Cl)cc(Cl)c3s2)c2ccc(C3=CCCCC3)cc2)cc1. The summed E-state index contributed by atoms with van der Waals surface area (Å²) < 4.78 is 0.727. The Balaban J connectivity index is 1.37. The number of nitrogens with one attached hydrogen (secondary N) is 2. The highest BCUT2D eigenvalue weighted by molar-refractivity contribution is 7.23. The number of amides is 3. The Hall–Kier alpha value is -3.92. The van der Waals surface area contributed by atoms with Crippen molar-refractivity contribution in [2.75, 3.05) is 16.8 Å². The molecule has 3 N–H and O–H groups in total. The van der Waals surface area contributed by atoms with E-state index in [1.807, 2.05) is 24.3 Å². The van der Waals surface area contributed by atoms with Crippen LogP contribution in [0.4, 0.5) is 15.6 Å². The van der Waals surface area contributed by atoms with Crippen LogP contribution in [0.2, 0.25) is 10.0 Å². The average molecular weight is 624 g/mol. The summed E-state index contributed by atoms with van der Waals surface area (Å²) in [6.07, 6.45) is 6.64. The Labute approximate surface area is 257 Å². The van der Waals surface area contributed by atoms with Gasteiger partial charge >= 0.3 is 12.0 Å². The summed E-state index contributed by atoms with van der Waals surface area (Å²) >= 11 is 13.7. The summed E-state index contributed by atoms with van der Waals surface area (Å²) in [7, 11) is 0. The molecule has 1 aromatic heterocycles. The highest BCUT2D eigenvalue weighted by Crippen LogP contribution is 2.35. The average Bonchev–Trinajstić information content (AvgIpc) is 3.39. The lowest BCUT2D eigenvalue weighted by atomic mass is 9.93. The molecule has 3 amide bonds. The zero-order valence-corrected chi connectivity index (χ0v) is 24.9. The van der Waals surface area contributed by atoms with Crippen LogP contribution in [-0.2, 0) is 11.3 Å². The zero-order chi connectivity index (χ0) is 29.6. The summed E-state index contributed by atoms with van der Waals surface area (Å²) in [5.41, 5.74) is 4.97. The van der Waals surface area contributed by atoms with Crippen LogP contribution in [0.25, 0.3) is 15.8 Å². The van der Waals surface area contributed by atoms with E-state index in [1.165, 1.54) is 29.8 Å². The zero-order valence-electron chi connectivity index (χ0n) is 22.5. The Morgan fingerprint density at radius 2 is 1.76 bits per heavy atom. The first-order valence-corrected chi connectivity index (χ1v) is 15.1. The fraction of sp³-hybridized carbons (Fsp3) is 0.226. The van der Waals surface area contributed by atoms with Crippen molar-refractivity contribution >= 4 is 79.1 Å². The number of aromatic nitrogens is 1. The number of carboxylic acids is 1. The number of urea groups is 1. The van der Waals surface area contributed by atoms with E-state index >= 15 is 0 Å². The van der Waals surface area contributed by atoms with Crippen molar-refractivity contribution in [2.24, 2.45) is 0 Å². The number of allylic oxidation sites excluding steroid dienone is 2. The number of anilines is 2. The monoisotopic (exact) mass is 622 g/mol. The second kappa shape index (κ2) is 13.4. The normalized spacial score (nSPS) is 13.0. The lowest BCUT2D eigenvalue weighted by Gasteiger charge is -2.23. The Morgan fingerprint density at radius 1 is 1.00 bits per heavy atom. The molecular formula is C31H28Cl2N4O4S. The molecular weight excluding hydrogens is 595 g/mol. The maximum atomic E-state index is 13.7. The van der Waals surface area contributed by atoms with Gasteiger partial charge in [0, 0.05) is 22.8 Å². The summed E-state index contributed by atoms with van der Waals surface area (Å²) in [5.74, 6) is -1.34. The van der Waals surface area contributed by atoms with Gasteiger partial charge in [-0.2, -0.15) is 0 Å². The number of nitrogens with zero attached hydrogens (tertiary/aromatic N) is 2. The molecule has 0 aliphatic heterocycles. The van der Waals surface area contributed by atoms with E-state index in [-0.39, 0.29) is 31.4 Å². The molecule has 8 nitrogen and oxygen atoms in total. The molecule has 0 spiro atoms. The Morgan fingerprint density at radius 3 is 2.45 bits per heavy atom. The maximum absolute atomic E-state index is 13.7. The first-order valence-electron chi connectivity index (χ1n) is 13.5. The Bertz CT molecular complexity index is 1650. The van der Waals surface area contributed by atoms with Gasteiger partial charge in [0.15, 0.2) is 5.13 Å². The van der Waals surface area contributed by atoms with Crippen LogP contribution in [0, 0.1) is 0 Å². The summed E-state index contributed by atoms with van der Waals surface area (Å²) in [4.78, 5) is 42.9. The topological polar surface area (TPSA) is 112 Å². The van der Waals surface area contributed by atoms with Gasteiger partial charge in [0.2, 0.25) is 0 Å². The van der Waals surface area contributed by atoms with Crippen LogP contribution in [0.5, 0.6) is 0 Å². The number of carbonyl (C=O) groups excluding carboxylic acids is 2. The minimum absolute atomic E-state index is 0.0416. The Kier molecular flexibility index (Phi) is 9.41. The van der Waals surface area contributed by atoms with E-state index in [0.717, 1.165) is 28.7 Å². The third kappa shape index (κ3) is 7.28. The predicted molar refractivity (Wildman–Crippen MR) is 169 cm³/mol. The molecule has 1 aliphatic rings. The van der Waals surface area contributed by atoms with Gasteiger partial charge in [-0.05, 0) is 78.8 Å². The summed E-state index contributed by atoms with van der Waals surface area (Å²) in [5, 5.41) is 15.6. The van der Waals surface area contributed by atoms with Gasteiger partial charge in [-0.15, -0.1) is 0 Å². The molecule has 0 unspecified atom stereocenters. The summed E-state index contributed by atoms with van der Waals surface area (Å²) in [6, 6.07) is 17.8. The molecule has 1 heterocycles. The molecule has 0 radical (unpaired) electrons. The number of benzene rings is 3. The number of carboxylic acid groups (broad SMARTS) is 1. The third-order valence-corrected chi connectivity index (χ3v) is 8.54. The van der Waals surface area contributed by atoms with Crippen molar-refractivity contribution in [3.8, 4) is 0 Å². The van der Waals surface area contributed by atoms with Gasteiger partial charge in [-0.3, -0.25) is 19.8 Å². The number of carbonyl (C=O) groups is 3. The molecule has 4 aromatic rings. The van der Waals surface area contributed by atoms with Crippen LogP contribution in [0.1, 0.15) is 53.6 Å². The minimum Gasteiger partial charge on any atom is -0.481 e. The first-order chi connectivity index (χ1) is 20.3. The van der Waals surface area contributed by atoms with Crippen molar-refractivity contribution in [3.05, 3.63) is 93.5 Å². The first kappa shape index (κ1) is 29.6. The number of rotatable bonds is 9. The molecule has 0 saturated heterocycles. The number of hydrogen-bond acceptors (Lipinski definition) is 5. The van der Waals surface area contributed by atoms with E-state index in [1.54, 1.807) is 41.3 Å². The van der Waals surface area contributed by atoms with Crippen molar-refractivity contribution in [2.45, 2.75) is 38.6 Å². The molecule has 42 heavy (non-hydrogen) atoms. The summed E-state index contributed by atoms with van der Waals surface area (Å²) in [6.45, 7) is 0.270. The van der Waals surface area contributed by atoms with Crippen LogP contribution in [0.15, 0.2) is 66.7 Å². The highest BCUT2D eigenvalue weighted by atomic mass is 35.5. The predicted octanol–water partition coefficient (Wildman–Crippen LogP) is 8.00. The van der Waals surface area contributed by atoms with Crippen LogP contribution >= 0.6 is 34.5 Å². The molecule has 11 heteroatoms. The molecule has 0 fully saturated rings. The molecule has 3 aromatic carbocycles. The molecule has 0 atom stereocenters. The van der Waals surface area contributed by atoms with E-state index in [2.05, 4.69) is 21.7 Å². The second-order valence-electron chi connectivity index (χ2n) is 9.89. The van der Waals surface area contributed by atoms with Crippen molar-refractivity contribution < 1.29 is 19.5 Å². The van der Waals surface area contributed by atoms with Gasteiger partial charge in [0.25, 0.3) is 5.91 Å². The van der Waals surface area contributed by atoms with Gasteiger partial charge in [-0.1, -0.05) is 64.9 Å². The van der Waals surface area contributed by atoms with Crippen LogP contribution in [-0.4, -0.2) is 34.5 Å². The number of thiazole rings is 1. The second-order valence-corrected chi connectivity index (χ2v) is 11.7. The molecule has 216 valence electrons. The fourth-order valence-electron chi connectivity index (χ4n) is 4.74. The fourth-order valence-corrected chi connectivity index (χ4v) is 6.18. The van der Waals surface area contributed by atoms with Crippen molar-refractivity contribution in [1.29, 1.82) is 0 Å². The number of hydrogen-bond donors (Lipinski definition) is 3. The van der Waals surface area contributed by atoms with Crippen LogP contribution in [0.3, 0.4) is 0 Å². The van der Waals surface area contributed by atoms with E-state index < -0.39 is 5.97 Å². The van der Waals surface area contributed by atoms with Gasteiger partial charge < -0.3 is 10.4 Å². The van der Waals surface area contributed by atoms with E-state index in [0.29, 0.717) is 31.9 Å². The van der Waals surface area contributed by atoms with Crippen molar-refractivity contribution in [1.82, 2.24) is 10.3 Å². The maximum Gasteiger partial charge on any atom is 0.328 e. The van der Waals surface area contributed by atoms with Gasteiger partial charge in [0.1, 0.15) is 0 Å². The van der Waals surface area contributed by atoms with Gasteiger partial charge in [-0.25, -0.2) is 9.78 Å². The van der Waals surface area contributed by atoms with E-state index in [9.17, 15) is 14.4 Å². The number of aliphatic carboxylic acids is 1. The molecule has 0 saturated carbocycles. The molecule has 0 bridgehead atoms. The quantitative estimate of drug-likeness (QED) is 0.175. The molecule has 1 aliphatic carbocycles. The smallest absolute Gasteiger partial charge is 0.328 e. The van der Waals surface area contributed by atoms with Crippen LogP contribution < -0.4 is 15.5 Å². The minimum atomic E-state index is -0.981. The van der Waals surface area contributed by atoms with Crippen molar-refractivity contribution in [3.63, 3.8) is 0 Å². The standard InChI is InChI=1S/C31H28Cl2N4O4S/c32-23-16-25(33)28-26(17-23)35-30(42-28)36-31(41)37(24-12-10-21(11-13-24)20-4-2-1-3-5-20)18-19-6-8-22(9-7-19)29(40)34-15-14-27(38)39/h4,6-13,16-17H,1-3,5,14-15,18H2,(H,34,40)(H,38,39)(H,35,36,41).